The molecule has 1 aliphatic heterocycles. The summed E-state index contributed by atoms with van der Waals surface area (Å²) in [7, 11) is 0. The summed E-state index contributed by atoms with van der Waals surface area (Å²) < 4.78 is 41.8. The molecule has 35 heavy (non-hydrogen) atoms. The Labute approximate surface area is 203 Å². The SMILES string of the molecule is CCOC[C@H]1CC[C@H](Nc2ncc3nc(Nc4c(F)cccc4F)n(C4CCOCC4)c3n2)CC1. The Balaban J connectivity index is 1.41. The number of halogens is 2. The van der Waals surface area contributed by atoms with E-state index in [1.807, 2.05) is 11.5 Å². The van der Waals surface area contributed by atoms with Gasteiger partial charge in [0.05, 0.1) is 6.20 Å². The van der Waals surface area contributed by atoms with Crippen LogP contribution in [0.4, 0.5) is 26.4 Å². The predicted molar refractivity (Wildman–Crippen MR) is 130 cm³/mol. The van der Waals surface area contributed by atoms with Gasteiger partial charge in [0.15, 0.2) is 5.65 Å². The van der Waals surface area contributed by atoms with Crippen molar-refractivity contribution in [1.82, 2.24) is 19.5 Å². The molecule has 0 atom stereocenters. The zero-order valence-electron chi connectivity index (χ0n) is 20.0. The summed E-state index contributed by atoms with van der Waals surface area (Å²) >= 11 is 0. The zero-order chi connectivity index (χ0) is 24.2. The highest BCUT2D eigenvalue weighted by molar-refractivity contribution is 5.76. The number of fused-ring (bicyclic) bond motifs is 1. The number of hydrogen-bond donors (Lipinski definition) is 2. The smallest absolute Gasteiger partial charge is 0.224 e. The molecule has 2 aromatic heterocycles. The van der Waals surface area contributed by atoms with Gasteiger partial charge in [-0.15, -0.1) is 0 Å². The van der Waals surface area contributed by atoms with Crippen LogP contribution in [0.25, 0.3) is 11.2 Å². The van der Waals surface area contributed by atoms with E-state index in [-0.39, 0.29) is 11.7 Å². The first-order chi connectivity index (χ1) is 17.1. The molecule has 1 aromatic carbocycles. The molecule has 2 aliphatic rings. The summed E-state index contributed by atoms with van der Waals surface area (Å²) in [5.74, 6) is 0.146. The van der Waals surface area contributed by atoms with Gasteiger partial charge in [0.1, 0.15) is 22.8 Å². The van der Waals surface area contributed by atoms with Crippen LogP contribution in [0.1, 0.15) is 51.5 Å². The van der Waals surface area contributed by atoms with E-state index in [1.165, 1.54) is 18.2 Å². The molecule has 10 heteroatoms. The largest absolute Gasteiger partial charge is 0.381 e. The quantitative estimate of drug-likeness (QED) is 0.452. The Morgan fingerprint density at radius 2 is 1.80 bits per heavy atom. The van der Waals surface area contributed by atoms with E-state index in [4.69, 9.17) is 14.5 Å². The standard InChI is InChI=1S/C25H32F2N6O2/c1-2-34-15-16-6-8-17(9-7-16)29-24-28-14-21-23(32-24)33(18-10-12-35-13-11-18)25(30-21)31-22-19(26)4-3-5-20(22)27/h3-5,14,16-18H,2,6-13,15H2,1H3,(H,30,31)(H,28,29,32)/t16-,17-. The highest BCUT2D eigenvalue weighted by atomic mass is 19.1. The molecule has 1 saturated heterocycles. The maximum atomic E-state index is 14.4. The average molecular weight is 487 g/mol. The minimum atomic E-state index is -0.677. The first-order valence-electron chi connectivity index (χ1n) is 12.5. The first-order valence-corrected chi connectivity index (χ1v) is 12.5. The lowest BCUT2D eigenvalue weighted by atomic mass is 9.86. The Kier molecular flexibility index (Phi) is 7.38. The number of rotatable bonds is 8. The summed E-state index contributed by atoms with van der Waals surface area (Å²) in [6.45, 7) is 4.83. The minimum absolute atomic E-state index is 0.0443. The van der Waals surface area contributed by atoms with E-state index in [9.17, 15) is 8.78 Å². The van der Waals surface area contributed by atoms with Crippen LogP contribution < -0.4 is 10.6 Å². The summed E-state index contributed by atoms with van der Waals surface area (Å²) in [6, 6.07) is 4.12. The van der Waals surface area contributed by atoms with Crippen LogP contribution in [0, 0.1) is 17.6 Å². The highest BCUT2D eigenvalue weighted by Crippen LogP contribution is 2.33. The molecule has 8 nitrogen and oxygen atoms in total. The van der Waals surface area contributed by atoms with Gasteiger partial charge < -0.3 is 20.1 Å². The van der Waals surface area contributed by atoms with Gasteiger partial charge in [-0.1, -0.05) is 6.07 Å². The van der Waals surface area contributed by atoms with Gasteiger partial charge in [0.25, 0.3) is 0 Å². The number of para-hydroxylation sites is 1. The number of aromatic nitrogens is 4. The van der Waals surface area contributed by atoms with Gasteiger partial charge >= 0.3 is 0 Å². The molecule has 3 heterocycles. The zero-order valence-corrected chi connectivity index (χ0v) is 20.0. The molecule has 0 unspecified atom stereocenters. The van der Waals surface area contributed by atoms with Crippen LogP contribution in [0.5, 0.6) is 0 Å². The van der Waals surface area contributed by atoms with Crippen molar-refractivity contribution < 1.29 is 18.3 Å². The lowest BCUT2D eigenvalue weighted by Crippen LogP contribution is -2.28. The molecule has 1 aliphatic carbocycles. The van der Waals surface area contributed by atoms with Crippen LogP contribution in [-0.4, -0.2) is 52.0 Å². The normalized spacial score (nSPS) is 21.3. The fraction of sp³-hybridized carbons (Fsp3) is 0.560. The highest BCUT2D eigenvalue weighted by Gasteiger charge is 2.26. The van der Waals surface area contributed by atoms with E-state index in [0.717, 1.165) is 51.7 Å². The van der Waals surface area contributed by atoms with Gasteiger partial charge in [-0.3, -0.25) is 4.57 Å². The number of hydrogen-bond acceptors (Lipinski definition) is 7. The van der Waals surface area contributed by atoms with E-state index in [0.29, 0.717) is 48.2 Å². The van der Waals surface area contributed by atoms with Crippen molar-refractivity contribution in [3.8, 4) is 0 Å². The number of ether oxygens (including phenoxy) is 2. The fourth-order valence-electron chi connectivity index (χ4n) is 5.01. The van der Waals surface area contributed by atoms with Crippen molar-refractivity contribution in [2.75, 3.05) is 37.1 Å². The molecule has 3 aromatic rings. The van der Waals surface area contributed by atoms with Crippen molar-refractivity contribution in [3.63, 3.8) is 0 Å². The molecular formula is C25H32F2N6O2. The Bertz CT molecular complexity index is 1120. The van der Waals surface area contributed by atoms with Gasteiger partial charge in [-0.2, -0.15) is 4.98 Å². The molecule has 1 saturated carbocycles. The van der Waals surface area contributed by atoms with Crippen LogP contribution in [0.2, 0.25) is 0 Å². The number of nitrogens with zero attached hydrogens (tertiary/aromatic N) is 4. The molecule has 2 N–H and O–H groups in total. The van der Waals surface area contributed by atoms with Gasteiger partial charge in [0, 0.05) is 38.5 Å². The van der Waals surface area contributed by atoms with E-state index in [1.54, 1.807) is 6.20 Å². The average Bonchev–Trinajstić information content (AvgIpc) is 3.24. The summed E-state index contributed by atoms with van der Waals surface area (Å²) in [6.07, 6.45) is 7.50. The summed E-state index contributed by atoms with van der Waals surface area (Å²) in [4.78, 5) is 13.9. The van der Waals surface area contributed by atoms with Crippen molar-refractivity contribution in [2.24, 2.45) is 5.92 Å². The number of benzene rings is 1. The second-order valence-electron chi connectivity index (χ2n) is 9.29. The van der Waals surface area contributed by atoms with E-state index in [2.05, 4.69) is 20.6 Å². The number of anilines is 3. The molecule has 0 radical (unpaired) electrons. The lowest BCUT2D eigenvalue weighted by Gasteiger charge is -2.29. The van der Waals surface area contributed by atoms with Gasteiger partial charge in [-0.25, -0.2) is 18.7 Å². The van der Waals surface area contributed by atoms with Crippen molar-refractivity contribution in [2.45, 2.75) is 57.5 Å². The van der Waals surface area contributed by atoms with Crippen LogP contribution in [-0.2, 0) is 9.47 Å². The lowest BCUT2D eigenvalue weighted by molar-refractivity contribution is 0.0710. The third kappa shape index (κ3) is 5.38. The van der Waals surface area contributed by atoms with Crippen LogP contribution in [0.15, 0.2) is 24.4 Å². The van der Waals surface area contributed by atoms with Gasteiger partial charge in [0.2, 0.25) is 11.9 Å². The Hall–Kier alpha value is -2.85. The van der Waals surface area contributed by atoms with Gasteiger partial charge in [-0.05, 0) is 63.5 Å². The molecule has 0 amide bonds. The number of imidazole rings is 1. The Morgan fingerprint density at radius 3 is 2.51 bits per heavy atom. The topological polar surface area (TPSA) is 86.1 Å². The summed E-state index contributed by atoms with van der Waals surface area (Å²) in [5, 5.41) is 6.37. The molecular weight excluding hydrogens is 454 g/mol. The molecule has 0 bridgehead atoms. The molecule has 5 rings (SSSR count). The predicted octanol–water partition coefficient (Wildman–Crippen LogP) is 5.21. The maximum Gasteiger partial charge on any atom is 0.224 e. The minimum Gasteiger partial charge on any atom is -0.381 e. The van der Waals surface area contributed by atoms with E-state index >= 15 is 0 Å². The van der Waals surface area contributed by atoms with Crippen molar-refractivity contribution in [1.29, 1.82) is 0 Å². The van der Waals surface area contributed by atoms with Crippen LogP contribution >= 0.6 is 0 Å². The molecule has 188 valence electrons. The van der Waals surface area contributed by atoms with Crippen LogP contribution in [0.3, 0.4) is 0 Å². The third-order valence-electron chi connectivity index (χ3n) is 6.93. The van der Waals surface area contributed by atoms with Crippen molar-refractivity contribution >= 4 is 28.7 Å². The summed E-state index contributed by atoms with van der Waals surface area (Å²) in [5.41, 5.74) is 0.978. The Morgan fingerprint density at radius 1 is 1.06 bits per heavy atom. The third-order valence-corrected chi connectivity index (χ3v) is 6.93. The maximum absolute atomic E-state index is 14.4. The van der Waals surface area contributed by atoms with E-state index < -0.39 is 11.6 Å². The fourth-order valence-corrected chi connectivity index (χ4v) is 5.01. The second-order valence-corrected chi connectivity index (χ2v) is 9.29. The number of nitrogens with one attached hydrogen (secondary N) is 2. The monoisotopic (exact) mass is 486 g/mol. The first kappa shape index (κ1) is 23.9. The molecule has 2 fully saturated rings. The molecule has 0 spiro atoms. The second kappa shape index (κ2) is 10.8. The van der Waals surface area contributed by atoms with Crippen molar-refractivity contribution in [3.05, 3.63) is 36.0 Å².